The van der Waals surface area contributed by atoms with Gasteiger partial charge in [0.1, 0.15) is 0 Å². The van der Waals surface area contributed by atoms with Gasteiger partial charge in [0.15, 0.2) is 0 Å². The smallest absolute Gasteiger partial charge is 0.264 e. The van der Waals surface area contributed by atoms with Crippen molar-refractivity contribution < 1.29 is 33.1 Å². The van der Waals surface area contributed by atoms with Crippen LogP contribution in [0, 0.1) is 46.3 Å². The molecule has 0 aromatic heterocycles. The Kier molecular flexibility index (Phi) is 8.20. The van der Waals surface area contributed by atoms with E-state index in [0.29, 0.717) is 25.2 Å². The molecular formula is C27H47NO7S. The van der Waals surface area contributed by atoms with Crippen molar-refractivity contribution in [3.8, 4) is 0 Å². The number of nitrogens with one attached hydrogen (secondary N) is 1. The third-order valence-corrected chi connectivity index (χ3v) is 12.1. The lowest BCUT2D eigenvalue weighted by molar-refractivity contribution is -0.207. The van der Waals surface area contributed by atoms with Gasteiger partial charge >= 0.3 is 0 Å². The molecule has 0 bridgehead atoms. The Morgan fingerprint density at radius 3 is 2.47 bits per heavy atom. The largest absolute Gasteiger partial charge is 0.393 e. The molecule has 0 radical (unpaired) electrons. The molecule has 0 heterocycles. The summed E-state index contributed by atoms with van der Waals surface area (Å²) in [6, 6.07) is 0. The van der Waals surface area contributed by atoms with Gasteiger partial charge in [-0.05, 0) is 104 Å². The molecule has 0 aromatic carbocycles. The second-order valence-corrected chi connectivity index (χ2v) is 14.6. The van der Waals surface area contributed by atoms with Crippen LogP contribution in [0.4, 0.5) is 0 Å². The summed E-state index contributed by atoms with van der Waals surface area (Å²) in [6.07, 6.45) is 6.06. The number of hydrogen-bond acceptors (Lipinski definition) is 6. The molecular weight excluding hydrogens is 482 g/mol. The number of aliphatic hydroxyl groups excluding tert-OH is 3. The van der Waals surface area contributed by atoms with E-state index in [0.717, 1.165) is 38.5 Å². The number of amides is 1. The van der Waals surface area contributed by atoms with Crippen molar-refractivity contribution in [2.75, 3.05) is 12.3 Å². The second kappa shape index (κ2) is 10.4. The molecule has 0 saturated heterocycles. The highest BCUT2D eigenvalue weighted by atomic mass is 32.2. The quantitative estimate of drug-likeness (QED) is 0.240. The Balaban J connectivity index is 1.39. The van der Waals surface area contributed by atoms with Gasteiger partial charge in [-0.25, -0.2) is 0 Å². The van der Waals surface area contributed by atoms with Crippen LogP contribution in [0.2, 0.25) is 0 Å². The standard InChI is InChI=1S/C27H47NO7S/c1-16(5-8-24(32)28-11-4-12-36(33,34)35)19-6-7-20-25-21(15-23(31)27(19,20)3)26(2)10-9-18(29)13-17(26)14-22(25)30/h16-23,25,29-31H,4-15H2,1-3H3,(H,28,32)(H,33,34,35)/t16-,17+,18-,19-,20+,21+,22-,23+,25+,26?,27-/m1/s1. The van der Waals surface area contributed by atoms with Gasteiger partial charge in [-0.15, -0.1) is 0 Å². The van der Waals surface area contributed by atoms with E-state index in [1.165, 1.54) is 0 Å². The van der Waals surface area contributed by atoms with Crippen LogP contribution in [-0.4, -0.2) is 64.8 Å². The molecule has 9 heteroatoms. The van der Waals surface area contributed by atoms with Crippen molar-refractivity contribution in [1.29, 1.82) is 0 Å². The van der Waals surface area contributed by atoms with E-state index in [1.807, 2.05) is 0 Å². The molecule has 0 aliphatic heterocycles. The van der Waals surface area contributed by atoms with Gasteiger partial charge in [-0.2, -0.15) is 8.42 Å². The highest BCUT2D eigenvalue weighted by molar-refractivity contribution is 7.85. The number of aliphatic hydroxyl groups is 3. The minimum atomic E-state index is -4.01. The van der Waals surface area contributed by atoms with Crippen LogP contribution < -0.4 is 5.32 Å². The summed E-state index contributed by atoms with van der Waals surface area (Å²) in [5.74, 6) is 1.04. The number of fused-ring (bicyclic) bond motifs is 5. The first-order valence-electron chi connectivity index (χ1n) is 14.0. The van der Waals surface area contributed by atoms with Crippen molar-refractivity contribution in [1.82, 2.24) is 5.32 Å². The molecule has 4 aliphatic rings. The molecule has 4 fully saturated rings. The summed E-state index contributed by atoms with van der Waals surface area (Å²) in [7, 11) is -4.01. The maximum Gasteiger partial charge on any atom is 0.264 e. The average molecular weight is 530 g/mol. The van der Waals surface area contributed by atoms with Crippen LogP contribution >= 0.6 is 0 Å². The third kappa shape index (κ3) is 5.24. The highest BCUT2D eigenvalue weighted by Crippen LogP contribution is 2.68. The molecule has 4 rings (SSSR count). The van der Waals surface area contributed by atoms with Gasteiger partial charge in [0, 0.05) is 13.0 Å². The molecule has 5 N–H and O–H groups in total. The Morgan fingerprint density at radius 2 is 1.78 bits per heavy atom. The van der Waals surface area contributed by atoms with Gasteiger partial charge in [-0.3, -0.25) is 9.35 Å². The lowest BCUT2D eigenvalue weighted by Gasteiger charge is -2.63. The van der Waals surface area contributed by atoms with Crippen molar-refractivity contribution in [2.45, 2.75) is 103 Å². The van der Waals surface area contributed by atoms with Gasteiger partial charge in [0.25, 0.3) is 10.1 Å². The zero-order valence-corrected chi connectivity index (χ0v) is 22.9. The Labute approximate surface area is 216 Å². The van der Waals surface area contributed by atoms with E-state index >= 15 is 0 Å². The average Bonchev–Trinajstić information content (AvgIpc) is 3.15. The van der Waals surface area contributed by atoms with E-state index in [9.17, 15) is 28.5 Å². The fourth-order valence-corrected chi connectivity index (χ4v) is 9.77. The predicted octanol–water partition coefficient (Wildman–Crippen LogP) is 2.76. The molecule has 11 atom stereocenters. The monoisotopic (exact) mass is 529 g/mol. The molecule has 0 spiro atoms. The van der Waals surface area contributed by atoms with Crippen LogP contribution in [-0.2, 0) is 14.9 Å². The molecule has 4 aliphatic carbocycles. The lowest BCUT2D eigenvalue weighted by Crippen LogP contribution is -2.62. The summed E-state index contributed by atoms with van der Waals surface area (Å²) in [4.78, 5) is 12.3. The van der Waals surface area contributed by atoms with Crippen molar-refractivity contribution in [3.05, 3.63) is 0 Å². The molecule has 208 valence electrons. The number of hydrogen-bond donors (Lipinski definition) is 5. The van der Waals surface area contributed by atoms with Crippen LogP contribution in [0.5, 0.6) is 0 Å². The van der Waals surface area contributed by atoms with E-state index in [2.05, 4.69) is 26.1 Å². The first kappa shape index (κ1) is 28.3. The van der Waals surface area contributed by atoms with E-state index in [-0.39, 0.29) is 71.1 Å². The van der Waals surface area contributed by atoms with Crippen molar-refractivity contribution in [2.24, 2.45) is 46.3 Å². The Hall–Kier alpha value is -0.740. The van der Waals surface area contributed by atoms with Gasteiger partial charge in [-0.1, -0.05) is 20.8 Å². The van der Waals surface area contributed by atoms with Crippen LogP contribution in [0.1, 0.15) is 85.0 Å². The first-order chi connectivity index (χ1) is 16.8. The third-order valence-electron chi connectivity index (χ3n) is 11.2. The highest BCUT2D eigenvalue weighted by Gasteiger charge is 2.65. The summed E-state index contributed by atoms with van der Waals surface area (Å²) >= 11 is 0. The second-order valence-electron chi connectivity index (χ2n) is 13.0. The number of carbonyl (C=O) groups excluding carboxylic acids is 1. The zero-order valence-electron chi connectivity index (χ0n) is 22.1. The molecule has 1 amide bonds. The SMILES string of the molecule is C[C@H](CCC(=O)NCCCS(=O)(=O)O)[C@H]1CC[C@H]2[C@@H]3[C@H](O)C[C@@H]4C[C@H](O)CCC4(C)[C@H]3C[C@H](O)[C@]12C. The normalized spacial score (nSPS) is 45.3. The van der Waals surface area contributed by atoms with Crippen LogP contribution in [0.3, 0.4) is 0 Å². The van der Waals surface area contributed by atoms with E-state index in [4.69, 9.17) is 4.55 Å². The summed E-state index contributed by atoms with van der Waals surface area (Å²) < 4.78 is 30.4. The van der Waals surface area contributed by atoms with Crippen molar-refractivity contribution in [3.63, 3.8) is 0 Å². The Bertz CT molecular complexity index is 912. The van der Waals surface area contributed by atoms with E-state index in [1.54, 1.807) is 0 Å². The maximum absolute atomic E-state index is 12.3. The minimum Gasteiger partial charge on any atom is -0.393 e. The molecule has 36 heavy (non-hydrogen) atoms. The van der Waals surface area contributed by atoms with Crippen LogP contribution in [0.15, 0.2) is 0 Å². The number of rotatable bonds is 8. The summed E-state index contributed by atoms with van der Waals surface area (Å²) in [6.45, 7) is 6.94. The Morgan fingerprint density at radius 1 is 1.06 bits per heavy atom. The fraction of sp³-hybridized carbons (Fsp3) is 0.963. The summed E-state index contributed by atoms with van der Waals surface area (Å²) in [5.41, 5.74) is -0.229. The molecule has 1 unspecified atom stereocenters. The molecule has 0 aromatic rings. The predicted molar refractivity (Wildman–Crippen MR) is 136 cm³/mol. The first-order valence-corrected chi connectivity index (χ1v) is 15.6. The molecule has 4 saturated carbocycles. The lowest BCUT2D eigenvalue weighted by atomic mass is 9.43. The summed E-state index contributed by atoms with van der Waals surface area (Å²) in [5, 5.41) is 36.0. The van der Waals surface area contributed by atoms with Gasteiger partial charge in [0.2, 0.25) is 5.91 Å². The maximum atomic E-state index is 12.3. The number of carbonyl (C=O) groups is 1. The van der Waals surface area contributed by atoms with Gasteiger partial charge in [0.05, 0.1) is 24.1 Å². The topological polar surface area (TPSA) is 144 Å². The van der Waals surface area contributed by atoms with E-state index < -0.39 is 22.3 Å². The molecule has 8 nitrogen and oxygen atoms in total. The van der Waals surface area contributed by atoms with Crippen molar-refractivity contribution >= 4 is 16.0 Å². The minimum absolute atomic E-state index is 0.0581. The zero-order chi connectivity index (χ0) is 26.5. The van der Waals surface area contributed by atoms with Gasteiger partial charge < -0.3 is 20.6 Å². The van der Waals surface area contributed by atoms with Crippen LogP contribution in [0.25, 0.3) is 0 Å². The fourth-order valence-electron chi connectivity index (χ4n) is 9.26.